The maximum atomic E-state index is 13.2. The molecule has 150 valence electrons. The van der Waals surface area contributed by atoms with Crippen molar-refractivity contribution >= 4 is 17.5 Å². The lowest BCUT2D eigenvalue weighted by molar-refractivity contribution is -0.150. The zero-order valence-corrected chi connectivity index (χ0v) is 17.5. The lowest BCUT2D eigenvalue weighted by Crippen LogP contribution is -2.40. The van der Waals surface area contributed by atoms with E-state index in [0.29, 0.717) is 23.5 Å². The highest BCUT2D eigenvalue weighted by molar-refractivity contribution is 6.09. The molecule has 0 aromatic heterocycles. The number of carbonyl (C=O) groups is 2. The quantitative estimate of drug-likeness (QED) is 0.720. The molecule has 0 saturated carbocycles. The first-order chi connectivity index (χ1) is 13.1. The van der Waals surface area contributed by atoms with Gasteiger partial charge in [-0.1, -0.05) is 26.0 Å². The maximum absolute atomic E-state index is 13.2. The number of rotatable bonds is 4. The van der Waals surface area contributed by atoms with Crippen molar-refractivity contribution in [1.29, 1.82) is 0 Å². The van der Waals surface area contributed by atoms with Gasteiger partial charge in [-0.25, -0.2) is 0 Å². The number of hydrogen-bond donors (Lipinski definition) is 0. The lowest BCUT2D eigenvalue weighted by Gasteiger charge is -2.39. The van der Waals surface area contributed by atoms with Crippen LogP contribution >= 0.6 is 0 Å². The summed E-state index contributed by atoms with van der Waals surface area (Å²) in [5, 5.41) is 0. The second kappa shape index (κ2) is 7.53. The van der Waals surface area contributed by atoms with Crippen LogP contribution in [0.5, 0.6) is 5.75 Å². The summed E-state index contributed by atoms with van der Waals surface area (Å²) in [5.41, 5.74) is 2.90. The molecule has 0 radical (unpaired) electrons. The zero-order valence-electron chi connectivity index (χ0n) is 17.5. The number of hydrogen-bond acceptors (Lipinski definition) is 5. The highest BCUT2D eigenvalue weighted by Crippen LogP contribution is 2.48. The summed E-state index contributed by atoms with van der Waals surface area (Å²) in [6.45, 7) is 9.67. The van der Waals surface area contributed by atoms with Crippen molar-refractivity contribution < 1.29 is 19.1 Å². The molecule has 0 fully saturated rings. The van der Waals surface area contributed by atoms with Crippen molar-refractivity contribution in [1.82, 2.24) is 0 Å². The van der Waals surface area contributed by atoms with Crippen LogP contribution in [0.3, 0.4) is 0 Å². The first-order valence-corrected chi connectivity index (χ1v) is 9.79. The number of esters is 1. The Bertz CT molecular complexity index is 863. The number of ether oxygens (including phenoxy) is 2. The van der Waals surface area contributed by atoms with Crippen LogP contribution in [0.15, 0.2) is 40.5 Å². The van der Waals surface area contributed by atoms with Gasteiger partial charge in [0.25, 0.3) is 0 Å². The Morgan fingerprint density at radius 3 is 2.61 bits per heavy atom. The number of benzene rings is 1. The normalized spacial score (nSPS) is 24.0. The van der Waals surface area contributed by atoms with Gasteiger partial charge < -0.3 is 9.47 Å². The summed E-state index contributed by atoms with van der Waals surface area (Å²) < 4.78 is 10.9. The third kappa shape index (κ3) is 3.89. The topological polar surface area (TPSA) is 65.0 Å². The van der Waals surface area contributed by atoms with Crippen molar-refractivity contribution in [2.24, 2.45) is 16.3 Å². The van der Waals surface area contributed by atoms with Crippen LogP contribution in [-0.2, 0) is 14.3 Å². The van der Waals surface area contributed by atoms with E-state index >= 15 is 0 Å². The molecule has 1 aromatic carbocycles. The summed E-state index contributed by atoms with van der Waals surface area (Å²) >= 11 is 0. The van der Waals surface area contributed by atoms with Crippen molar-refractivity contribution in [2.75, 3.05) is 7.11 Å². The fourth-order valence-electron chi connectivity index (χ4n) is 4.25. The third-order valence-electron chi connectivity index (χ3n) is 5.36. The summed E-state index contributed by atoms with van der Waals surface area (Å²) in [6, 6.07) is 7.59. The van der Waals surface area contributed by atoms with Crippen LogP contribution in [0, 0.1) is 11.3 Å². The van der Waals surface area contributed by atoms with Crippen molar-refractivity contribution in [3.63, 3.8) is 0 Å². The maximum Gasteiger partial charge on any atom is 0.315 e. The van der Waals surface area contributed by atoms with Gasteiger partial charge in [0, 0.05) is 29.3 Å². The van der Waals surface area contributed by atoms with E-state index in [1.807, 2.05) is 45.0 Å². The zero-order chi connectivity index (χ0) is 20.6. The molecule has 3 rings (SSSR count). The van der Waals surface area contributed by atoms with E-state index in [4.69, 9.17) is 14.5 Å². The van der Waals surface area contributed by atoms with E-state index in [1.54, 1.807) is 7.11 Å². The standard InChI is InChI=1S/C23H29NO4/c1-13(2)28-22(26)19-14(3)24-17-11-23(4,5)12-18(25)21(17)20(19)15-8-7-9-16(10-15)27-6/h7-10,13,19-20H,11-12H2,1-6H3/t19?,20-/m1/s1. The minimum atomic E-state index is -0.613. The second-order valence-corrected chi connectivity index (χ2v) is 8.77. The minimum Gasteiger partial charge on any atom is -0.497 e. The van der Waals surface area contributed by atoms with Crippen LogP contribution in [0.2, 0.25) is 0 Å². The first kappa shape index (κ1) is 20.3. The van der Waals surface area contributed by atoms with E-state index in [9.17, 15) is 9.59 Å². The summed E-state index contributed by atoms with van der Waals surface area (Å²) in [7, 11) is 1.61. The number of ketones is 1. The highest BCUT2D eigenvalue weighted by Gasteiger charge is 2.46. The highest BCUT2D eigenvalue weighted by atomic mass is 16.5. The molecule has 2 atom stereocenters. The van der Waals surface area contributed by atoms with E-state index in [1.165, 1.54) is 0 Å². The molecule has 0 spiro atoms. The molecular weight excluding hydrogens is 354 g/mol. The molecule has 1 aliphatic heterocycles. The van der Waals surface area contributed by atoms with Gasteiger partial charge in [-0.3, -0.25) is 14.6 Å². The number of carbonyl (C=O) groups excluding carboxylic acids is 2. The Morgan fingerprint density at radius 1 is 1.25 bits per heavy atom. The minimum absolute atomic E-state index is 0.0673. The number of Topliss-reactive ketones (excluding diaryl/α,β-unsaturated/α-hetero) is 1. The predicted octanol–water partition coefficient (Wildman–Crippen LogP) is 4.46. The van der Waals surface area contributed by atoms with Crippen molar-refractivity contribution in [2.45, 2.75) is 59.5 Å². The van der Waals surface area contributed by atoms with Gasteiger partial charge in [0.15, 0.2) is 5.78 Å². The van der Waals surface area contributed by atoms with E-state index in [2.05, 4.69) is 13.8 Å². The Labute approximate surface area is 166 Å². The molecule has 1 heterocycles. The lowest BCUT2D eigenvalue weighted by atomic mass is 9.67. The third-order valence-corrected chi connectivity index (χ3v) is 5.36. The van der Waals surface area contributed by atoms with Gasteiger partial charge in [0.2, 0.25) is 0 Å². The van der Waals surface area contributed by atoms with Crippen molar-refractivity contribution in [3.8, 4) is 5.75 Å². The fourth-order valence-corrected chi connectivity index (χ4v) is 4.25. The van der Waals surface area contributed by atoms with Crippen LogP contribution in [-0.4, -0.2) is 30.7 Å². The molecule has 0 N–H and O–H groups in total. The Kier molecular flexibility index (Phi) is 5.46. The summed E-state index contributed by atoms with van der Waals surface area (Å²) in [4.78, 5) is 30.9. The van der Waals surface area contributed by atoms with E-state index in [-0.39, 0.29) is 23.3 Å². The molecule has 1 unspecified atom stereocenters. The Balaban J connectivity index is 2.17. The largest absolute Gasteiger partial charge is 0.497 e. The Morgan fingerprint density at radius 2 is 1.96 bits per heavy atom. The number of nitrogens with zero attached hydrogens (tertiary/aromatic N) is 1. The van der Waals surface area contributed by atoms with E-state index < -0.39 is 11.8 Å². The number of methoxy groups -OCH3 is 1. The molecule has 0 bridgehead atoms. The molecule has 0 amide bonds. The second-order valence-electron chi connectivity index (χ2n) is 8.77. The molecule has 5 nitrogen and oxygen atoms in total. The van der Waals surface area contributed by atoms with Gasteiger partial charge in [-0.15, -0.1) is 0 Å². The number of allylic oxidation sites excluding steroid dienone is 2. The molecular formula is C23H29NO4. The van der Waals surface area contributed by atoms with Crippen LogP contribution in [0.4, 0.5) is 0 Å². The average Bonchev–Trinajstić information content (AvgIpc) is 2.58. The molecule has 2 aliphatic rings. The summed E-state index contributed by atoms with van der Waals surface area (Å²) in [6.07, 6.45) is 0.938. The van der Waals surface area contributed by atoms with Gasteiger partial charge in [-0.05, 0) is 50.3 Å². The fraction of sp³-hybridized carbons (Fsp3) is 0.522. The molecule has 28 heavy (non-hydrogen) atoms. The first-order valence-electron chi connectivity index (χ1n) is 9.79. The monoisotopic (exact) mass is 383 g/mol. The van der Waals surface area contributed by atoms with Crippen molar-refractivity contribution in [3.05, 3.63) is 41.1 Å². The molecule has 1 aliphatic carbocycles. The van der Waals surface area contributed by atoms with Gasteiger partial charge in [-0.2, -0.15) is 0 Å². The summed E-state index contributed by atoms with van der Waals surface area (Å²) in [5.74, 6) is -0.596. The Hall–Kier alpha value is -2.43. The number of aliphatic imine (C=N–C) groups is 1. The predicted molar refractivity (Wildman–Crippen MR) is 109 cm³/mol. The van der Waals surface area contributed by atoms with Crippen LogP contribution < -0.4 is 4.74 Å². The molecule has 5 heteroatoms. The van der Waals surface area contributed by atoms with Gasteiger partial charge in [0.1, 0.15) is 11.7 Å². The van der Waals surface area contributed by atoms with Gasteiger partial charge in [0.05, 0.1) is 13.2 Å². The molecule has 1 aromatic rings. The van der Waals surface area contributed by atoms with Crippen LogP contribution in [0.1, 0.15) is 58.9 Å². The smallest absolute Gasteiger partial charge is 0.315 e. The van der Waals surface area contributed by atoms with E-state index in [0.717, 1.165) is 17.7 Å². The SMILES string of the molecule is COc1cccc([C@H]2C3=C(CC(C)(C)CC3=O)N=C(C)C2C(=O)OC(C)C)c1. The molecule has 0 saturated heterocycles. The average molecular weight is 383 g/mol. The van der Waals surface area contributed by atoms with Gasteiger partial charge >= 0.3 is 5.97 Å². The van der Waals surface area contributed by atoms with Crippen LogP contribution in [0.25, 0.3) is 0 Å².